The predicted molar refractivity (Wildman–Crippen MR) is 67.9 cm³/mol. The Balaban J connectivity index is 2.24. The van der Waals surface area contributed by atoms with E-state index in [0.717, 1.165) is 22.2 Å². The number of rotatable bonds is 4. The third kappa shape index (κ3) is 2.53. The fourth-order valence-electron chi connectivity index (χ4n) is 2.14. The Hall–Kier alpha value is -1.84. The molecule has 0 fully saturated rings. The second kappa shape index (κ2) is 5.21. The van der Waals surface area contributed by atoms with Crippen molar-refractivity contribution in [3.05, 3.63) is 35.3 Å². The molecule has 2 rings (SSSR count). The zero-order valence-electron chi connectivity index (χ0n) is 10.5. The average Bonchev–Trinajstić information content (AvgIpc) is 2.62. The number of aromatic nitrogens is 1. The van der Waals surface area contributed by atoms with Gasteiger partial charge < -0.3 is 9.72 Å². The first kappa shape index (κ1) is 12.6. The first-order valence-electron chi connectivity index (χ1n) is 6.04. The largest absolute Gasteiger partial charge is 0.466 e. The zero-order chi connectivity index (χ0) is 13.1. The summed E-state index contributed by atoms with van der Waals surface area (Å²) in [6.07, 6.45) is 0.881. The van der Waals surface area contributed by atoms with E-state index in [9.17, 15) is 9.18 Å². The van der Waals surface area contributed by atoms with E-state index in [4.69, 9.17) is 4.74 Å². The zero-order valence-corrected chi connectivity index (χ0v) is 10.5. The van der Waals surface area contributed by atoms with Crippen molar-refractivity contribution >= 4 is 16.9 Å². The summed E-state index contributed by atoms with van der Waals surface area (Å²) in [5.74, 6) is -0.485. The number of esters is 1. The van der Waals surface area contributed by atoms with Crippen molar-refractivity contribution < 1.29 is 13.9 Å². The van der Waals surface area contributed by atoms with Crippen molar-refractivity contribution in [2.75, 3.05) is 6.61 Å². The molecule has 0 radical (unpaired) electrons. The van der Waals surface area contributed by atoms with Crippen LogP contribution in [0.4, 0.5) is 4.39 Å². The Bertz CT molecular complexity index is 574. The Morgan fingerprint density at radius 2 is 2.22 bits per heavy atom. The molecule has 0 spiro atoms. The van der Waals surface area contributed by atoms with Crippen molar-refractivity contribution in [1.29, 1.82) is 0 Å². The van der Waals surface area contributed by atoms with Gasteiger partial charge in [-0.15, -0.1) is 0 Å². The van der Waals surface area contributed by atoms with Gasteiger partial charge in [-0.1, -0.05) is 0 Å². The van der Waals surface area contributed by atoms with Gasteiger partial charge in [-0.05, 0) is 44.0 Å². The third-order valence-corrected chi connectivity index (χ3v) is 2.97. The van der Waals surface area contributed by atoms with Gasteiger partial charge in [-0.2, -0.15) is 0 Å². The summed E-state index contributed by atoms with van der Waals surface area (Å²) in [7, 11) is 0. The number of hydrogen-bond donors (Lipinski definition) is 1. The molecule has 96 valence electrons. The van der Waals surface area contributed by atoms with Crippen LogP contribution in [0.5, 0.6) is 0 Å². The number of hydrogen-bond acceptors (Lipinski definition) is 2. The number of H-pyrrole nitrogens is 1. The summed E-state index contributed by atoms with van der Waals surface area (Å²) in [4.78, 5) is 14.5. The van der Waals surface area contributed by atoms with E-state index in [2.05, 4.69) is 4.98 Å². The molecule has 0 saturated carbocycles. The lowest BCUT2D eigenvalue weighted by Crippen LogP contribution is -2.05. The van der Waals surface area contributed by atoms with E-state index in [0.29, 0.717) is 19.4 Å². The van der Waals surface area contributed by atoms with Crippen LogP contribution in [-0.2, 0) is 16.0 Å². The van der Waals surface area contributed by atoms with Gasteiger partial charge in [0, 0.05) is 23.0 Å². The lowest BCUT2D eigenvalue weighted by atomic mass is 10.1. The fraction of sp³-hybridized carbons (Fsp3) is 0.357. The minimum atomic E-state index is -0.265. The predicted octanol–water partition coefficient (Wildman–Crippen LogP) is 3.11. The van der Waals surface area contributed by atoms with Crippen molar-refractivity contribution in [1.82, 2.24) is 4.98 Å². The molecule has 1 heterocycles. The average molecular weight is 249 g/mol. The van der Waals surface area contributed by atoms with E-state index in [1.807, 2.05) is 6.92 Å². The van der Waals surface area contributed by atoms with E-state index < -0.39 is 0 Å². The number of aromatic amines is 1. The van der Waals surface area contributed by atoms with Gasteiger partial charge in [0.05, 0.1) is 6.61 Å². The molecule has 1 aromatic carbocycles. The van der Waals surface area contributed by atoms with Crippen molar-refractivity contribution in [2.45, 2.75) is 26.7 Å². The minimum Gasteiger partial charge on any atom is -0.466 e. The van der Waals surface area contributed by atoms with Crippen LogP contribution in [0.2, 0.25) is 0 Å². The molecule has 0 aliphatic heterocycles. The van der Waals surface area contributed by atoms with E-state index in [1.165, 1.54) is 12.1 Å². The summed E-state index contributed by atoms with van der Waals surface area (Å²) in [5.41, 5.74) is 2.85. The number of carbonyl (C=O) groups is 1. The van der Waals surface area contributed by atoms with Gasteiger partial charge in [0.2, 0.25) is 0 Å². The highest BCUT2D eigenvalue weighted by molar-refractivity contribution is 5.85. The summed E-state index contributed by atoms with van der Waals surface area (Å²) in [6, 6.07) is 4.64. The molecule has 2 aromatic rings. The number of aryl methyl sites for hydroxylation is 2. The Morgan fingerprint density at radius 1 is 1.44 bits per heavy atom. The van der Waals surface area contributed by atoms with Crippen LogP contribution in [-0.4, -0.2) is 17.6 Å². The maximum atomic E-state index is 13.2. The standard InChI is InChI=1S/C14H16FNO2/c1-3-18-14(17)7-5-11-9(2)16-13-6-4-10(15)8-12(11)13/h4,6,8,16H,3,5,7H2,1-2H3. The number of carbonyl (C=O) groups excluding carboxylic acids is 1. The summed E-state index contributed by atoms with van der Waals surface area (Å²) >= 11 is 0. The number of nitrogens with one attached hydrogen (secondary N) is 1. The fourth-order valence-corrected chi connectivity index (χ4v) is 2.14. The topological polar surface area (TPSA) is 42.1 Å². The van der Waals surface area contributed by atoms with Gasteiger partial charge in [0.15, 0.2) is 0 Å². The highest BCUT2D eigenvalue weighted by Crippen LogP contribution is 2.24. The molecule has 0 aliphatic carbocycles. The first-order chi connectivity index (χ1) is 8.61. The van der Waals surface area contributed by atoms with Crippen LogP contribution >= 0.6 is 0 Å². The Morgan fingerprint density at radius 3 is 2.94 bits per heavy atom. The van der Waals surface area contributed by atoms with Crippen molar-refractivity contribution in [3.63, 3.8) is 0 Å². The molecule has 1 N–H and O–H groups in total. The molecular weight excluding hydrogens is 233 g/mol. The quantitative estimate of drug-likeness (QED) is 0.846. The second-order valence-electron chi connectivity index (χ2n) is 4.22. The molecule has 0 bridgehead atoms. The number of halogens is 1. The summed E-state index contributed by atoms with van der Waals surface area (Å²) < 4.78 is 18.1. The van der Waals surface area contributed by atoms with Gasteiger partial charge in [-0.3, -0.25) is 4.79 Å². The molecule has 18 heavy (non-hydrogen) atoms. The second-order valence-corrected chi connectivity index (χ2v) is 4.22. The van der Waals surface area contributed by atoms with E-state index in [-0.39, 0.29) is 11.8 Å². The molecular formula is C14H16FNO2. The summed E-state index contributed by atoms with van der Waals surface area (Å²) in [5, 5.41) is 0.844. The molecule has 4 heteroatoms. The maximum absolute atomic E-state index is 13.2. The number of benzene rings is 1. The lowest BCUT2D eigenvalue weighted by Gasteiger charge is -2.02. The van der Waals surface area contributed by atoms with Crippen LogP contribution in [0.15, 0.2) is 18.2 Å². The summed E-state index contributed by atoms with van der Waals surface area (Å²) in [6.45, 7) is 4.10. The van der Waals surface area contributed by atoms with Crippen LogP contribution < -0.4 is 0 Å². The smallest absolute Gasteiger partial charge is 0.306 e. The molecule has 0 aliphatic rings. The van der Waals surface area contributed by atoms with E-state index >= 15 is 0 Å². The monoisotopic (exact) mass is 249 g/mol. The van der Waals surface area contributed by atoms with E-state index in [1.54, 1.807) is 13.0 Å². The van der Waals surface area contributed by atoms with Crippen molar-refractivity contribution in [3.8, 4) is 0 Å². The minimum absolute atomic E-state index is 0.220. The van der Waals surface area contributed by atoms with Gasteiger partial charge in [0.25, 0.3) is 0 Å². The number of ether oxygens (including phenoxy) is 1. The SMILES string of the molecule is CCOC(=O)CCc1c(C)[nH]c2ccc(F)cc12. The van der Waals surface area contributed by atoms with Crippen molar-refractivity contribution in [2.24, 2.45) is 0 Å². The van der Waals surface area contributed by atoms with Gasteiger partial charge >= 0.3 is 5.97 Å². The first-order valence-corrected chi connectivity index (χ1v) is 6.04. The highest BCUT2D eigenvalue weighted by Gasteiger charge is 2.11. The van der Waals surface area contributed by atoms with Crippen LogP contribution in [0.25, 0.3) is 10.9 Å². The van der Waals surface area contributed by atoms with Crippen LogP contribution in [0.1, 0.15) is 24.6 Å². The number of fused-ring (bicyclic) bond motifs is 1. The van der Waals surface area contributed by atoms with Gasteiger partial charge in [-0.25, -0.2) is 4.39 Å². The molecule has 0 saturated heterocycles. The highest BCUT2D eigenvalue weighted by atomic mass is 19.1. The van der Waals surface area contributed by atoms with Gasteiger partial charge in [0.1, 0.15) is 5.82 Å². The maximum Gasteiger partial charge on any atom is 0.306 e. The molecule has 0 atom stereocenters. The Labute approximate surface area is 105 Å². The molecule has 1 aromatic heterocycles. The molecule has 3 nitrogen and oxygen atoms in total. The van der Waals surface area contributed by atoms with Crippen LogP contribution in [0.3, 0.4) is 0 Å². The lowest BCUT2D eigenvalue weighted by molar-refractivity contribution is -0.143. The molecule has 0 amide bonds. The third-order valence-electron chi connectivity index (χ3n) is 2.97. The Kier molecular flexibility index (Phi) is 3.65. The normalized spacial score (nSPS) is 10.8. The van der Waals surface area contributed by atoms with Crippen LogP contribution in [0, 0.1) is 12.7 Å². The molecule has 0 unspecified atom stereocenters.